The van der Waals surface area contributed by atoms with Crippen molar-refractivity contribution in [3.05, 3.63) is 89.5 Å². The maximum Gasteiger partial charge on any atom is 0.258 e. The van der Waals surface area contributed by atoms with Crippen LogP contribution in [0.2, 0.25) is 0 Å². The van der Waals surface area contributed by atoms with Gasteiger partial charge in [0.15, 0.2) is 0 Å². The van der Waals surface area contributed by atoms with Gasteiger partial charge in [-0.25, -0.2) is 0 Å². The molecule has 3 aromatic rings. The summed E-state index contributed by atoms with van der Waals surface area (Å²) in [6.07, 6.45) is 0.616. The fraction of sp³-hybridized carbons (Fsp3) is 0.259. The Bertz CT molecular complexity index is 1160. The zero-order chi connectivity index (χ0) is 23.5. The molecule has 2 atom stereocenters. The smallest absolute Gasteiger partial charge is 0.258 e. The van der Waals surface area contributed by atoms with E-state index in [2.05, 4.69) is 0 Å². The highest BCUT2D eigenvalue weighted by molar-refractivity contribution is 6.07. The summed E-state index contributed by atoms with van der Waals surface area (Å²) in [5, 5.41) is 0. The lowest BCUT2D eigenvalue weighted by Crippen LogP contribution is -2.47. The van der Waals surface area contributed by atoms with Crippen LogP contribution in [-0.2, 0) is 11.3 Å². The number of nitrogens with two attached hydrogens (primary N) is 1. The van der Waals surface area contributed by atoms with Crippen molar-refractivity contribution in [2.75, 3.05) is 16.9 Å². The summed E-state index contributed by atoms with van der Waals surface area (Å²) in [7, 11) is 1.60. The van der Waals surface area contributed by atoms with E-state index in [9.17, 15) is 9.59 Å². The van der Waals surface area contributed by atoms with Crippen LogP contribution in [-0.4, -0.2) is 25.0 Å². The standard InChI is InChI=1S/C27H29N3O3/c1-18-15-26(30(19(2)31)22-8-6-7-20(16-22)17-28)24-9-4-5-10-25(24)29(18)27(32)21-11-13-23(33-3)14-12-21/h4-14,16,18,26H,15,17,28H2,1-3H3/t18-,26+/m0/s1. The highest BCUT2D eigenvalue weighted by Gasteiger charge is 2.38. The molecule has 6 heteroatoms. The Balaban J connectivity index is 1.75. The highest BCUT2D eigenvalue weighted by Crippen LogP contribution is 2.42. The molecule has 0 fully saturated rings. The van der Waals surface area contributed by atoms with Crippen LogP contribution in [0.25, 0.3) is 0 Å². The minimum Gasteiger partial charge on any atom is -0.497 e. The predicted molar refractivity (Wildman–Crippen MR) is 131 cm³/mol. The molecule has 1 heterocycles. The van der Waals surface area contributed by atoms with Gasteiger partial charge in [0, 0.05) is 36.4 Å². The van der Waals surface area contributed by atoms with Crippen molar-refractivity contribution in [2.45, 2.75) is 38.9 Å². The van der Waals surface area contributed by atoms with Gasteiger partial charge in [-0.1, -0.05) is 30.3 Å². The van der Waals surface area contributed by atoms with E-state index in [1.807, 2.05) is 65.3 Å². The van der Waals surface area contributed by atoms with Crippen LogP contribution in [0.3, 0.4) is 0 Å². The summed E-state index contributed by atoms with van der Waals surface area (Å²) in [6.45, 7) is 4.01. The van der Waals surface area contributed by atoms with Gasteiger partial charge in [0.05, 0.1) is 13.2 Å². The first-order valence-electron chi connectivity index (χ1n) is 11.1. The van der Waals surface area contributed by atoms with Crippen molar-refractivity contribution in [3.63, 3.8) is 0 Å². The molecule has 0 saturated heterocycles. The number of fused-ring (bicyclic) bond motifs is 1. The molecule has 2 amide bonds. The van der Waals surface area contributed by atoms with Crippen LogP contribution in [0, 0.1) is 0 Å². The largest absolute Gasteiger partial charge is 0.497 e. The molecule has 0 aromatic heterocycles. The number of carbonyl (C=O) groups is 2. The van der Waals surface area contributed by atoms with E-state index in [1.165, 1.54) is 0 Å². The summed E-state index contributed by atoms with van der Waals surface area (Å²) in [5.41, 5.74) is 9.98. The normalized spacial score (nSPS) is 17.3. The van der Waals surface area contributed by atoms with E-state index in [0.717, 1.165) is 22.5 Å². The Hall–Kier alpha value is -3.64. The third-order valence-corrected chi connectivity index (χ3v) is 6.19. The molecule has 0 radical (unpaired) electrons. The quantitative estimate of drug-likeness (QED) is 0.621. The molecule has 170 valence electrons. The van der Waals surface area contributed by atoms with Gasteiger partial charge in [-0.2, -0.15) is 0 Å². The van der Waals surface area contributed by atoms with E-state index in [-0.39, 0.29) is 23.9 Å². The maximum atomic E-state index is 13.5. The van der Waals surface area contributed by atoms with Gasteiger partial charge in [-0.15, -0.1) is 0 Å². The van der Waals surface area contributed by atoms with Crippen LogP contribution in [0.15, 0.2) is 72.8 Å². The Labute approximate surface area is 194 Å². The number of hydrogen-bond acceptors (Lipinski definition) is 4. The number of para-hydroxylation sites is 1. The summed E-state index contributed by atoms with van der Waals surface area (Å²) in [5.74, 6) is 0.581. The molecule has 6 nitrogen and oxygen atoms in total. The number of benzene rings is 3. The van der Waals surface area contributed by atoms with E-state index in [0.29, 0.717) is 24.3 Å². The third-order valence-electron chi connectivity index (χ3n) is 6.19. The summed E-state index contributed by atoms with van der Waals surface area (Å²) in [4.78, 5) is 30.0. The Kier molecular flexibility index (Phi) is 6.47. The van der Waals surface area contributed by atoms with Crippen LogP contribution >= 0.6 is 0 Å². The monoisotopic (exact) mass is 443 g/mol. The maximum absolute atomic E-state index is 13.5. The molecule has 3 aromatic carbocycles. The summed E-state index contributed by atoms with van der Waals surface area (Å²) in [6, 6.07) is 22.4. The average molecular weight is 444 g/mol. The molecule has 4 rings (SSSR count). The van der Waals surface area contributed by atoms with Gasteiger partial charge in [0.2, 0.25) is 5.91 Å². The minimum absolute atomic E-state index is 0.0499. The molecular weight excluding hydrogens is 414 g/mol. The van der Waals surface area contributed by atoms with Gasteiger partial charge in [0.25, 0.3) is 5.91 Å². The summed E-state index contributed by atoms with van der Waals surface area (Å²) >= 11 is 0. The zero-order valence-electron chi connectivity index (χ0n) is 19.2. The molecule has 1 aliphatic heterocycles. The van der Waals surface area contributed by atoms with Crippen LogP contribution < -0.4 is 20.3 Å². The van der Waals surface area contributed by atoms with Crippen molar-refractivity contribution in [1.82, 2.24) is 0 Å². The second kappa shape index (κ2) is 9.46. The summed E-state index contributed by atoms with van der Waals surface area (Å²) < 4.78 is 5.22. The van der Waals surface area contributed by atoms with Gasteiger partial charge in [-0.05, 0) is 66.9 Å². The fourth-order valence-electron chi connectivity index (χ4n) is 4.62. The topological polar surface area (TPSA) is 75.9 Å². The van der Waals surface area contributed by atoms with Crippen LogP contribution in [0.4, 0.5) is 11.4 Å². The second-order valence-corrected chi connectivity index (χ2v) is 8.33. The van der Waals surface area contributed by atoms with Gasteiger partial charge in [-0.3, -0.25) is 9.59 Å². The number of nitrogens with zero attached hydrogens (tertiary/aromatic N) is 2. The first-order valence-corrected chi connectivity index (χ1v) is 11.1. The molecule has 0 aliphatic carbocycles. The lowest BCUT2D eigenvalue weighted by Gasteiger charge is -2.43. The number of anilines is 2. The van der Waals surface area contributed by atoms with Gasteiger partial charge in [0.1, 0.15) is 5.75 Å². The molecular formula is C27H29N3O3. The Morgan fingerprint density at radius 3 is 2.45 bits per heavy atom. The van der Waals surface area contributed by atoms with Gasteiger partial charge < -0.3 is 20.3 Å². The third kappa shape index (κ3) is 4.34. The van der Waals surface area contributed by atoms with E-state index < -0.39 is 0 Å². The highest BCUT2D eigenvalue weighted by atomic mass is 16.5. The number of methoxy groups -OCH3 is 1. The molecule has 0 unspecified atom stereocenters. The molecule has 0 bridgehead atoms. The zero-order valence-corrected chi connectivity index (χ0v) is 19.2. The average Bonchev–Trinajstić information content (AvgIpc) is 2.84. The first kappa shape index (κ1) is 22.6. The van der Waals surface area contributed by atoms with Crippen molar-refractivity contribution < 1.29 is 14.3 Å². The molecule has 33 heavy (non-hydrogen) atoms. The minimum atomic E-state index is -0.193. The predicted octanol–water partition coefficient (Wildman–Crippen LogP) is 4.69. The van der Waals surface area contributed by atoms with Crippen molar-refractivity contribution in [3.8, 4) is 5.75 Å². The second-order valence-electron chi connectivity index (χ2n) is 8.33. The Morgan fingerprint density at radius 2 is 1.79 bits per heavy atom. The molecule has 2 N–H and O–H groups in total. The SMILES string of the molecule is COc1ccc(C(=O)N2c3ccccc3[C@H](N(C(C)=O)c3cccc(CN)c3)C[C@@H]2C)cc1. The number of ether oxygens (including phenoxy) is 1. The number of hydrogen-bond donors (Lipinski definition) is 1. The lowest BCUT2D eigenvalue weighted by molar-refractivity contribution is -0.117. The van der Waals surface area contributed by atoms with E-state index in [1.54, 1.807) is 38.3 Å². The number of carbonyl (C=O) groups excluding carboxylic acids is 2. The number of amides is 2. The fourth-order valence-corrected chi connectivity index (χ4v) is 4.62. The van der Waals surface area contributed by atoms with Crippen molar-refractivity contribution in [2.24, 2.45) is 5.73 Å². The lowest BCUT2D eigenvalue weighted by atomic mass is 9.89. The Morgan fingerprint density at radius 1 is 1.06 bits per heavy atom. The van der Waals surface area contributed by atoms with E-state index >= 15 is 0 Å². The molecule has 0 saturated carbocycles. The molecule has 1 aliphatic rings. The van der Waals surface area contributed by atoms with E-state index in [4.69, 9.17) is 10.5 Å². The molecule has 0 spiro atoms. The van der Waals surface area contributed by atoms with Crippen LogP contribution in [0.1, 0.15) is 47.8 Å². The van der Waals surface area contributed by atoms with Crippen molar-refractivity contribution in [1.29, 1.82) is 0 Å². The van der Waals surface area contributed by atoms with Gasteiger partial charge >= 0.3 is 0 Å². The number of rotatable bonds is 5. The van der Waals surface area contributed by atoms with Crippen LogP contribution in [0.5, 0.6) is 5.75 Å². The van der Waals surface area contributed by atoms with Crippen molar-refractivity contribution >= 4 is 23.2 Å². The first-order chi connectivity index (χ1) is 15.9.